The van der Waals surface area contributed by atoms with Crippen molar-refractivity contribution in [3.63, 3.8) is 0 Å². The van der Waals surface area contributed by atoms with Gasteiger partial charge in [0.1, 0.15) is 5.75 Å². The van der Waals surface area contributed by atoms with Crippen molar-refractivity contribution >= 4 is 16.8 Å². The Bertz CT molecular complexity index is 1050. The number of methoxy groups -OCH3 is 1. The van der Waals surface area contributed by atoms with Crippen molar-refractivity contribution in [2.75, 3.05) is 13.7 Å². The third kappa shape index (κ3) is 4.25. The molecular weight excluding hydrogens is 352 g/mol. The van der Waals surface area contributed by atoms with Gasteiger partial charge >= 0.3 is 0 Å². The Labute approximate surface area is 165 Å². The molecule has 2 aromatic carbocycles. The van der Waals surface area contributed by atoms with Crippen molar-refractivity contribution in [2.24, 2.45) is 5.92 Å². The van der Waals surface area contributed by atoms with Crippen molar-refractivity contribution in [3.05, 3.63) is 75.6 Å². The second-order valence-corrected chi connectivity index (χ2v) is 7.49. The monoisotopic (exact) mass is 378 g/mol. The molecule has 0 atom stereocenters. The summed E-state index contributed by atoms with van der Waals surface area (Å²) in [5.74, 6) is 0.652. The lowest BCUT2D eigenvalue weighted by atomic mass is 10.1. The Kier molecular flexibility index (Phi) is 5.83. The number of nitrogens with one attached hydrogen (secondary N) is 1. The number of rotatable bonds is 6. The van der Waals surface area contributed by atoms with Crippen molar-refractivity contribution in [1.82, 2.24) is 9.88 Å². The van der Waals surface area contributed by atoms with Crippen LogP contribution in [0.4, 0.5) is 0 Å². The number of fused-ring (bicyclic) bond motifs is 1. The second kappa shape index (κ2) is 8.30. The maximum absolute atomic E-state index is 13.2. The van der Waals surface area contributed by atoms with Gasteiger partial charge in [-0.2, -0.15) is 0 Å². The molecule has 3 aromatic rings. The summed E-state index contributed by atoms with van der Waals surface area (Å²) in [4.78, 5) is 30.5. The molecule has 1 amide bonds. The number of hydrogen-bond acceptors (Lipinski definition) is 3. The maximum Gasteiger partial charge on any atom is 0.257 e. The first-order valence-electron chi connectivity index (χ1n) is 9.44. The lowest BCUT2D eigenvalue weighted by Crippen LogP contribution is -2.35. The number of aromatic amines is 1. The number of ether oxygens (including phenoxy) is 1. The molecule has 0 aliphatic carbocycles. The predicted molar refractivity (Wildman–Crippen MR) is 112 cm³/mol. The van der Waals surface area contributed by atoms with Crippen LogP contribution in [0, 0.1) is 12.8 Å². The van der Waals surface area contributed by atoms with Gasteiger partial charge < -0.3 is 14.6 Å². The number of H-pyrrole nitrogens is 1. The van der Waals surface area contributed by atoms with E-state index in [4.69, 9.17) is 4.74 Å². The lowest BCUT2D eigenvalue weighted by Gasteiger charge is -2.25. The Morgan fingerprint density at radius 2 is 1.89 bits per heavy atom. The molecule has 0 fully saturated rings. The molecule has 0 radical (unpaired) electrons. The Balaban J connectivity index is 1.99. The van der Waals surface area contributed by atoms with E-state index < -0.39 is 0 Å². The van der Waals surface area contributed by atoms with E-state index in [0.717, 1.165) is 16.5 Å². The summed E-state index contributed by atoms with van der Waals surface area (Å²) in [5.41, 5.74) is 2.82. The van der Waals surface area contributed by atoms with Gasteiger partial charge in [-0.05, 0) is 48.6 Å². The maximum atomic E-state index is 13.2. The molecule has 146 valence electrons. The van der Waals surface area contributed by atoms with Crippen LogP contribution in [0.1, 0.15) is 35.3 Å². The highest BCUT2D eigenvalue weighted by atomic mass is 16.5. The fourth-order valence-electron chi connectivity index (χ4n) is 3.35. The summed E-state index contributed by atoms with van der Waals surface area (Å²) in [6, 6.07) is 15.0. The highest BCUT2D eigenvalue weighted by molar-refractivity contribution is 5.97. The van der Waals surface area contributed by atoms with E-state index in [0.29, 0.717) is 23.4 Å². The Morgan fingerprint density at radius 1 is 1.14 bits per heavy atom. The molecule has 0 unspecified atom stereocenters. The molecule has 5 heteroatoms. The zero-order chi connectivity index (χ0) is 20.3. The number of para-hydroxylation sites is 1. The van der Waals surface area contributed by atoms with Gasteiger partial charge in [-0.25, -0.2) is 0 Å². The van der Waals surface area contributed by atoms with Crippen LogP contribution in [0.3, 0.4) is 0 Å². The average molecular weight is 378 g/mol. The molecule has 0 saturated heterocycles. The van der Waals surface area contributed by atoms with Crippen LogP contribution in [0.2, 0.25) is 0 Å². The fourth-order valence-corrected chi connectivity index (χ4v) is 3.35. The summed E-state index contributed by atoms with van der Waals surface area (Å²) in [7, 11) is 1.55. The number of aromatic nitrogens is 1. The number of carbonyl (C=O) groups is 1. The van der Waals surface area contributed by atoms with Gasteiger partial charge in [0, 0.05) is 17.6 Å². The van der Waals surface area contributed by atoms with Crippen LogP contribution in [-0.2, 0) is 6.54 Å². The molecule has 0 aliphatic heterocycles. The molecule has 0 spiro atoms. The van der Waals surface area contributed by atoms with Gasteiger partial charge in [0.25, 0.3) is 11.5 Å². The third-order valence-electron chi connectivity index (χ3n) is 4.65. The molecule has 3 rings (SSSR count). The highest BCUT2D eigenvalue weighted by Gasteiger charge is 2.21. The van der Waals surface area contributed by atoms with Crippen molar-refractivity contribution < 1.29 is 9.53 Å². The van der Waals surface area contributed by atoms with E-state index in [1.807, 2.05) is 43.3 Å². The fraction of sp³-hybridized carbons (Fsp3) is 0.304. The molecule has 0 bridgehead atoms. The highest BCUT2D eigenvalue weighted by Crippen LogP contribution is 2.21. The second-order valence-electron chi connectivity index (χ2n) is 7.49. The molecule has 28 heavy (non-hydrogen) atoms. The number of aryl methyl sites for hydroxylation is 1. The van der Waals surface area contributed by atoms with Gasteiger partial charge in [0.2, 0.25) is 0 Å². The van der Waals surface area contributed by atoms with Crippen LogP contribution < -0.4 is 10.3 Å². The SMILES string of the molecule is COc1ccccc1C(=O)N(Cc1cc2cc(C)ccc2[nH]c1=O)CC(C)C. The smallest absolute Gasteiger partial charge is 0.257 e. The van der Waals surface area contributed by atoms with E-state index in [2.05, 4.69) is 18.8 Å². The summed E-state index contributed by atoms with van der Waals surface area (Å²) >= 11 is 0. The van der Waals surface area contributed by atoms with Crippen LogP contribution in [0.15, 0.2) is 53.3 Å². The molecule has 0 saturated carbocycles. The van der Waals surface area contributed by atoms with Gasteiger partial charge in [-0.15, -0.1) is 0 Å². The van der Waals surface area contributed by atoms with Gasteiger partial charge in [-0.3, -0.25) is 9.59 Å². The predicted octanol–water partition coefficient (Wildman–Crippen LogP) is 4.14. The summed E-state index contributed by atoms with van der Waals surface area (Å²) in [6.45, 7) is 6.91. The van der Waals surface area contributed by atoms with Crippen molar-refractivity contribution in [3.8, 4) is 5.75 Å². The van der Waals surface area contributed by atoms with E-state index in [1.54, 1.807) is 24.1 Å². The Morgan fingerprint density at radius 3 is 2.61 bits per heavy atom. The molecule has 1 heterocycles. The molecule has 5 nitrogen and oxygen atoms in total. The molecule has 1 N–H and O–H groups in total. The van der Waals surface area contributed by atoms with Crippen molar-refractivity contribution in [1.29, 1.82) is 0 Å². The topological polar surface area (TPSA) is 62.4 Å². The van der Waals surface area contributed by atoms with E-state index >= 15 is 0 Å². The minimum absolute atomic E-state index is 0.144. The summed E-state index contributed by atoms with van der Waals surface area (Å²) < 4.78 is 5.35. The number of amides is 1. The Hall–Kier alpha value is -3.08. The van der Waals surface area contributed by atoms with Gasteiger partial charge in [0.15, 0.2) is 0 Å². The standard InChI is InChI=1S/C23H26N2O3/c1-15(2)13-25(23(27)19-7-5-6-8-21(19)28-4)14-18-12-17-11-16(3)9-10-20(17)24-22(18)26/h5-12,15H,13-14H2,1-4H3,(H,24,26). The van der Waals surface area contributed by atoms with Crippen LogP contribution in [-0.4, -0.2) is 29.4 Å². The lowest BCUT2D eigenvalue weighted by molar-refractivity contribution is 0.0718. The van der Waals surface area contributed by atoms with Crippen LogP contribution in [0.25, 0.3) is 10.9 Å². The number of nitrogens with zero attached hydrogens (tertiary/aromatic N) is 1. The number of benzene rings is 2. The van der Waals surface area contributed by atoms with E-state index in [9.17, 15) is 9.59 Å². The minimum atomic E-state index is -0.169. The largest absolute Gasteiger partial charge is 0.496 e. The number of hydrogen-bond donors (Lipinski definition) is 1. The number of pyridine rings is 1. The van der Waals surface area contributed by atoms with Crippen molar-refractivity contribution in [2.45, 2.75) is 27.3 Å². The molecular formula is C23H26N2O3. The summed E-state index contributed by atoms with van der Waals surface area (Å²) in [5, 5.41) is 0.962. The zero-order valence-electron chi connectivity index (χ0n) is 16.8. The van der Waals surface area contributed by atoms with E-state index in [-0.39, 0.29) is 23.9 Å². The quantitative estimate of drug-likeness (QED) is 0.701. The van der Waals surface area contributed by atoms with Crippen LogP contribution >= 0.6 is 0 Å². The zero-order valence-corrected chi connectivity index (χ0v) is 16.8. The van der Waals surface area contributed by atoms with Crippen LogP contribution in [0.5, 0.6) is 5.75 Å². The molecule has 0 aliphatic rings. The first-order valence-corrected chi connectivity index (χ1v) is 9.44. The van der Waals surface area contributed by atoms with Gasteiger partial charge in [0.05, 0.1) is 19.2 Å². The van der Waals surface area contributed by atoms with Gasteiger partial charge in [-0.1, -0.05) is 37.6 Å². The minimum Gasteiger partial charge on any atom is -0.496 e. The first-order chi connectivity index (χ1) is 13.4. The average Bonchev–Trinajstić information content (AvgIpc) is 2.67. The summed E-state index contributed by atoms with van der Waals surface area (Å²) in [6.07, 6.45) is 0. The first kappa shape index (κ1) is 19.7. The third-order valence-corrected chi connectivity index (χ3v) is 4.65. The number of carbonyl (C=O) groups excluding carboxylic acids is 1. The van der Waals surface area contributed by atoms with E-state index in [1.165, 1.54) is 0 Å². The normalized spacial score (nSPS) is 11.0. The molecule has 1 aromatic heterocycles.